The van der Waals surface area contributed by atoms with Gasteiger partial charge >= 0.3 is 5.91 Å². The van der Waals surface area contributed by atoms with Gasteiger partial charge in [-0.05, 0) is 65.6 Å². The Balaban J connectivity index is 1.47. The van der Waals surface area contributed by atoms with Gasteiger partial charge in [0.1, 0.15) is 0 Å². The summed E-state index contributed by atoms with van der Waals surface area (Å²) < 4.78 is 0. The first-order valence-corrected chi connectivity index (χ1v) is 10.6. The van der Waals surface area contributed by atoms with E-state index >= 15 is 0 Å². The number of carbonyl (C=O) groups excluding carboxylic acids is 1. The fourth-order valence-electron chi connectivity index (χ4n) is 4.66. The highest BCUT2D eigenvalue weighted by Crippen LogP contribution is 2.33. The van der Waals surface area contributed by atoms with Gasteiger partial charge in [0, 0.05) is 24.2 Å². The van der Waals surface area contributed by atoms with Gasteiger partial charge in [-0.25, -0.2) is 4.79 Å². The van der Waals surface area contributed by atoms with Crippen LogP contribution in [0.2, 0.25) is 0 Å². The number of nitrogens with one attached hydrogen (secondary N) is 2. The van der Waals surface area contributed by atoms with Crippen LogP contribution in [0.4, 0.5) is 5.69 Å². The largest absolute Gasteiger partial charge is 0.621 e. The van der Waals surface area contributed by atoms with Crippen LogP contribution >= 0.6 is 0 Å². The molecule has 2 atom stereocenters. The molecular weight excluding hydrogens is 380 g/mol. The molecule has 1 unspecified atom stereocenters. The Morgan fingerprint density at radius 3 is 2.37 bits per heavy atom. The van der Waals surface area contributed by atoms with E-state index in [4.69, 9.17) is 0 Å². The number of hydrogen-bond acceptors (Lipinski definition) is 5. The van der Waals surface area contributed by atoms with E-state index in [0.717, 1.165) is 25.7 Å². The van der Waals surface area contributed by atoms with E-state index in [0.29, 0.717) is 17.7 Å². The molecule has 1 heterocycles. The summed E-state index contributed by atoms with van der Waals surface area (Å²) in [6.45, 7) is 4.70. The number of aliphatic hydroxyl groups is 1. The van der Waals surface area contributed by atoms with Crippen molar-refractivity contribution >= 4 is 17.7 Å². The molecule has 1 aliphatic carbocycles. The molecule has 1 amide bonds. The third-order valence-electron chi connectivity index (χ3n) is 6.28. The first-order chi connectivity index (χ1) is 14.4. The number of quaternary nitrogens is 1. The van der Waals surface area contributed by atoms with Crippen LogP contribution in [0.5, 0.6) is 5.75 Å². The summed E-state index contributed by atoms with van der Waals surface area (Å²) in [4.78, 5) is 11.7. The SMILES string of the molecule is CCc1cc2c(cc1CC)CC(NC[C@H](O)c1ccc(O)c3c1C=CC(=O)[NH+]3[O-])C2. The van der Waals surface area contributed by atoms with Gasteiger partial charge in [0.15, 0.2) is 11.4 Å². The number of aryl methyl sites for hydroxylation is 2. The molecule has 0 bridgehead atoms. The number of aliphatic hydroxyl groups excluding tert-OH is 1. The molecule has 158 valence electrons. The molecule has 1 aliphatic heterocycles. The second-order valence-corrected chi connectivity index (χ2v) is 8.12. The number of fused-ring (bicyclic) bond motifs is 2. The Kier molecular flexibility index (Phi) is 5.75. The maximum Gasteiger partial charge on any atom is 0.342 e. The quantitative estimate of drug-likeness (QED) is 0.432. The minimum atomic E-state index is -0.855. The number of phenols is 1. The van der Waals surface area contributed by atoms with Gasteiger partial charge in [0.25, 0.3) is 0 Å². The topological polar surface area (TPSA) is 97.1 Å². The number of benzene rings is 2. The summed E-state index contributed by atoms with van der Waals surface area (Å²) in [5.74, 6) is -0.898. The Hall–Kier alpha value is -2.51. The molecule has 0 spiro atoms. The van der Waals surface area contributed by atoms with Crippen molar-refractivity contribution in [3.05, 3.63) is 68.9 Å². The number of carbonyl (C=O) groups is 1. The van der Waals surface area contributed by atoms with Crippen molar-refractivity contribution in [2.75, 3.05) is 6.54 Å². The Morgan fingerprint density at radius 2 is 1.77 bits per heavy atom. The van der Waals surface area contributed by atoms with E-state index in [9.17, 15) is 20.2 Å². The van der Waals surface area contributed by atoms with Gasteiger partial charge in [-0.2, -0.15) is 0 Å². The zero-order valence-corrected chi connectivity index (χ0v) is 17.4. The third-order valence-corrected chi connectivity index (χ3v) is 6.28. The lowest BCUT2D eigenvalue weighted by molar-refractivity contribution is -0.686. The fourth-order valence-corrected chi connectivity index (χ4v) is 4.66. The number of aromatic hydroxyl groups is 1. The molecule has 0 saturated carbocycles. The van der Waals surface area contributed by atoms with Gasteiger partial charge < -0.3 is 20.7 Å². The molecule has 0 saturated heterocycles. The maximum atomic E-state index is 12.2. The predicted octanol–water partition coefficient (Wildman–Crippen LogP) is 1.87. The Bertz CT molecular complexity index is 982. The molecule has 0 aromatic heterocycles. The Morgan fingerprint density at radius 1 is 1.13 bits per heavy atom. The van der Waals surface area contributed by atoms with Crippen LogP contribution in [0.3, 0.4) is 0 Å². The third kappa shape index (κ3) is 3.68. The zero-order chi connectivity index (χ0) is 21.4. The first kappa shape index (κ1) is 20.8. The van der Waals surface area contributed by atoms with Crippen molar-refractivity contribution in [2.45, 2.75) is 51.7 Å². The minimum absolute atomic E-state index is 0.0217. The van der Waals surface area contributed by atoms with Crippen molar-refractivity contribution in [3.8, 4) is 5.75 Å². The molecule has 30 heavy (non-hydrogen) atoms. The van der Waals surface area contributed by atoms with Crippen LogP contribution < -0.4 is 10.4 Å². The van der Waals surface area contributed by atoms with Gasteiger partial charge in [0.2, 0.25) is 0 Å². The lowest BCUT2D eigenvalue weighted by Crippen LogP contribution is -3.05. The summed E-state index contributed by atoms with van der Waals surface area (Å²) in [5.41, 5.74) is 6.52. The molecule has 2 aromatic carbocycles. The monoisotopic (exact) mass is 408 g/mol. The molecule has 4 N–H and O–H groups in total. The van der Waals surface area contributed by atoms with Crippen LogP contribution in [0.25, 0.3) is 6.08 Å². The van der Waals surface area contributed by atoms with E-state index in [2.05, 4.69) is 31.3 Å². The fraction of sp³-hybridized carbons (Fsp3) is 0.375. The number of amides is 1. The summed E-state index contributed by atoms with van der Waals surface area (Å²) >= 11 is 0. The van der Waals surface area contributed by atoms with Crippen LogP contribution in [-0.4, -0.2) is 28.7 Å². The van der Waals surface area contributed by atoms with E-state index in [1.807, 2.05) is 0 Å². The first-order valence-electron chi connectivity index (χ1n) is 10.6. The zero-order valence-electron chi connectivity index (χ0n) is 17.4. The van der Waals surface area contributed by atoms with E-state index in [-0.39, 0.29) is 17.5 Å². The average molecular weight is 408 g/mol. The predicted molar refractivity (Wildman–Crippen MR) is 115 cm³/mol. The minimum Gasteiger partial charge on any atom is -0.621 e. The molecule has 4 rings (SSSR count). The number of rotatable bonds is 6. The number of hydrogen-bond donors (Lipinski definition) is 4. The molecule has 2 aliphatic rings. The van der Waals surface area contributed by atoms with Gasteiger partial charge in [0.05, 0.1) is 6.10 Å². The highest BCUT2D eigenvalue weighted by atomic mass is 16.5. The summed E-state index contributed by atoms with van der Waals surface area (Å²) in [5, 5.41) is 35.7. The van der Waals surface area contributed by atoms with Crippen molar-refractivity contribution in [1.82, 2.24) is 5.32 Å². The molecular formula is C24H28N2O4. The molecule has 6 heteroatoms. The Labute approximate surface area is 176 Å². The van der Waals surface area contributed by atoms with Crippen LogP contribution in [0.15, 0.2) is 30.3 Å². The van der Waals surface area contributed by atoms with E-state index < -0.39 is 17.1 Å². The highest BCUT2D eigenvalue weighted by Gasteiger charge is 2.29. The van der Waals surface area contributed by atoms with E-state index in [1.165, 1.54) is 40.5 Å². The number of phenolic OH excluding ortho intramolecular Hbond substituents is 1. The molecule has 2 aromatic rings. The normalized spacial score (nSPS) is 19.1. The van der Waals surface area contributed by atoms with Crippen LogP contribution in [0, 0.1) is 5.21 Å². The van der Waals surface area contributed by atoms with Crippen molar-refractivity contribution < 1.29 is 20.1 Å². The number of hydroxylamine groups is 1. The maximum absolute atomic E-state index is 12.2. The molecule has 0 fully saturated rings. The van der Waals surface area contributed by atoms with Crippen molar-refractivity contribution in [1.29, 1.82) is 0 Å². The second kappa shape index (κ2) is 8.32. The standard InChI is InChI=1S/C24H28N2O4/c1-3-14-9-16-11-18(12-17(16)10-15(14)4-2)25-13-22(28)19-5-7-21(27)24-20(19)6-8-23(29)26(24)30/h5-10,18,22,25-28H,3-4,11-13H2,1-2H3/t22-/m0/s1. The lowest BCUT2D eigenvalue weighted by atomic mass is 9.97. The summed E-state index contributed by atoms with van der Waals surface area (Å²) in [6.07, 6.45) is 5.77. The van der Waals surface area contributed by atoms with Gasteiger partial charge in [-0.1, -0.05) is 32.0 Å². The van der Waals surface area contributed by atoms with Crippen molar-refractivity contribution in [3.63, 3.8) is 0 Å². The van der Waals surface area contributed by atoms with Crippen LogP contribution in [0.1, 0.15) is 53.3 Å². The van der Waals surface area contributed by atoms with E-state index in [1.54, 1.807) is 6.07 Å². The highest BCUT2D eigenvalue weighted by molar-refractivity contribution is 5.93. The van der Waals surface area contributed by atoms with Crippen LogP contribution in [-0.2, 0) is 30.5 Å². The molecule has 0 radical (unpaired) electrons. The average Bonchev–Trinajstić information content (AvgIpc) is 3.15. The van der Waals surface area contributed by atoms with Gasteiger partial charge in [-0.15, -0.1) is 0 Å². The lowest BCUT2D eigenvalue weighted by Gasteiger charge is -2.26. The second-order valence-electron chi connectivity index (χ2n) is 8.12. The molecule has 6 nitrogen and oxygen atoms in total. The summed E-state index contributed by atoms with van der Waals surface area (Å²) in [7, 11) is 0. The van der Waals surface area contributed by atoms with Crippen molar-refractivity contribution in [2.24, 2.45) is 0 Å². The summed E-state index contributed by atoms with van der Waals surface area (Å²) in [6, 6.07) is 7.88. The smallest absolute Gasteiger partial charge is 0.342 e. The van der Waals surface area contributed by atoms with Gasteiger partial charge in [-0.3, -0.25) is 5.06 Å².